The van der Waals surface area contributed by atoms with E-state index in [4.69, 9.17) is 0 Å². The van der Waals surface area contributed by atoms with E-state index in [0.717, 1.165) is 11.3 Å². The van der Waals surface area contributed by atoms with Crippen molar-refractivity contribution in [2.24, 2.45) is 0 Å². The first-order valence-electron chi connectivity index (χ1n) is 4.69. The number of aromatic nitrogens is 1. The van der Waals surface area contributed by atoms with Crippen LogP contribution in [0.5, 0.6) is 0 Å². The van der Waals surface area contributed by atoms with Crippen LogP contribution in [0.2, 0.25) is 0 Å². The van der Waals surface area contributed by atoms with Gasteiger partial charge in [0.25, 0.3) is 0 Å². The molecule has 0 unspecified atom stereocenters. The molecule has 2 rings (SSSR count). The number of H-pyrrole nitrogens is 1. The molecule has 0 aliphatic carbocycles. The molecule has 0 aliphatic heterocycles. The van der Waals surface area contributed by atoms with E-state index in [1.54, 1.807) is 0 Å². The predicted molar refractivity (Wildman–Crippen MR) is 64.7 cm³/mol. The number of aromatic amines is 1. The van der Waals surface area contributed by atoms with E-state index >= 15 is 0 Å². The van der Waals surface area contributed by atoms with E-state index in [1.165, 1.54) is 18.0 Å². The van der Waals surface area contributed by atoms with Crippen LogP contribution < -0.4 is 0 Å². The minimum atomic E-state index is -0.366. The van der Waals surface area contributed by atoms with Crippen LogP contribution in [0.3, 0.4) is 0 Å². The molecule has 2 aromatic rings. The van der Waals surface area contributed by atoms with Crippen LogP contribution in [0, 0.1) is 10.1 Å². The van der Waals surface area contributed by atoms with E-state index in [2.05, 4.69) is 4.98 Å². The molecule has 0 fully saturated rings. The summed E-state index contributed by atoms with van der Waals surface area (Å²) in [6.07, 6.45) is 3.27. The molecular formula is C11H10N2O2S. The molecule has 0 aliphatic rings. The largest absolute Gasteiger partial charge is 0.354 e. The van der Waals surface area contributed by atoms with E-state index in [-0.39, 0.29) is 10.6 Å². The molecule has 5 heteroatoms. The predicted octanol–water partition coefficient (Wildman–Crippen LogP) is 3.31. The van der Waals surface area contributed by atoms with Crippen LogP contribution in [0.15, 0.2) is 41.4 Å². The highest BCUT2D eigenvalue weighted by molar-refractivity contribution is 7.98. The second-order valence-corrected chi connectivity index (χ2v) is 4.02. The molecule has 82 valence electrons. The Hall–Kier alpha value is -1.75. The Balaban J connectivity index is 2.54. The van der Waals surface area contributed by atoms with Crippen LogP contribution >= 0.6 is 11.8 Å². The van der Waals surface area contributed by atoms with E-state index in [0.29, 0.717) is 4.90 Å². The first-order chi connectivity index (χ1) is 7.74. The number of nitrogens with zero attached hydrogens (tertiary/aromatic N) is 1. The number of hydrogen-bond acceptors (Lipinski definition) is 3. The van der Waals surface area contributed by atoms with Crippen LogP contribution in [0.25, 0.3) is 11.3 Å². The Labute approximate surface area is 96.8 Å². The Morgan fingerprint density at radius 2 is 2.00 bits per heavy atom. The van der Waals surface area contributed by atoms with E-state index in [1.807, 2.05) is 36.6 Å². The molecule has 0 amide bonds. The summed E-state index contributed by atoms with van der Waals surface area (Å²) in [4.78, 5) is 14.1. The van der Waals surface area contributed by atoms with Gasteiger partial charge in [0.15, 0.2) is 0 Å². The maximum Gasteiger partial charge on any atom is 0.300 e. The van der Waals surface area contributed by atoms with Gasteiger partial charge in [-0.3, -0.25) is 10.1 Å². The first-order valence-corrected chi connectivity index (χ1v) is 5.91. The molecule has 16 heavy (non-hydrogen) atoms. The Bertz CT molecular complexity index is 508. The molecule has 0 radical (unpaired) electrons. The summed E-state index contributed by atoms with van der Waals surface area (Å²) >= 11 is 1.38. The van der Waals surface area contributed by atoms with E-state index < -0.39 is 0 Å². The number of nitro groups is 1. The van der Waals surface area contributed by atoms with Crippen molar-refractivity contribution in [1.82, 2.24) is 4.98 Å². The van der Waals surface area contributed by atoms with Gasteiger partial charge >= 0.3 is 5.69 Å². The molecule has 4 nitrogen and oxygen atoms in total. The van der Waals surface area contributed by atoms with Crippen molar-refractivity contribution in [3.05, 3.63) is 46.6 Å². The molecule has 0 spiro atoms. The lowest BCUT2D eigenvalue weighted by molar-refractivity contribution is -0.387. The third-order valence-electron chi connectivity index (χ3n) is 2.28. The fraction of sp³-hybridized carbons (Fsp3) is 0.0909. The van der Waals surface area contributed by atoms with Gasteiger partial charge in [-0.15, -0.1) is 11.8 Å². The molecule has 1 heterocycles. The van der Waals surface area contributed by atoms with Gasteiger partial charge in [0.2, 0.25) is 0 Å². The average molecular weight is 234 g/mol. The first kappa shape index (κ1) is 10.8. The highest BCUT2D eigenvalue weighted by atomic mass is 32.2. The topological polar surface area (TPSA) is 58.9 Å². The number of thioether (sulfide) groups is 1. The second-order valence-electron chi connectivity index (χ2n) is 3.21. The van der Waals surface area contributed by atoms with Crippen LogP contribution in [0.4, 0.5) is 5.69 Å². The summed E-state index contributed by atoms with van der Waals surface area (Å²) in [5, 5.41) is 10.8. The molecular weight excluding hydrogens is 224 g/mol. The Kier molecular flexibility index (Phi) is 2.96. The van der Waals surface area contributed by atoms with Gasteiger partial charge in [0, 0.05) is 0 Å². The molecule has 1 N–H and O–H groups in total. The SMILES string of the molecule is CSc1c([N+](=O)[O-])c[nH]c1-c1ccccc1. The average Bonchev–Trinajstić information content (AvgIpc) is 2.73. The highest BCUT2D eigenvalue weighted by Gasteiger charge is 2.20. The summed E-state index contributed by atoms with van der Waals surface area (Å²) in [6, 6.07) is 9.59. The lowest BCUT2D eigenvalue weighted by Crippen LogP contribution is -1.87. The van der Waals surface area contributed by atoms with Gasteiger partial charge < -0.3 is 4.98 Å². The van der Waals surface area contributed by atoms with Crippen molar-refractivity contribution < 1.29 is 4.92 Å². The number of benzene rings is 1. The summed E-state index contributed by atoms with van der Waals surface area (Å²) in [5.74, 6) is 0. The standard InChI is InChI=1S/C11H10N2O2S/c1-16-11-9(13(14)15)7-12-10(11)8-5-3-2-4-6-8/h2-7,12H,1H3. The van der Waals surface area contributed by atoms with Crippen molar-refractivity contribution in [2.45, 2.75) is 4.90 Å². The maximum atomic E-state index is 10.8. The van der Waals surface area contributed by atoms with Crippen molar-refractivity contribution in [3.8, 4) is 11.3 Å². The third kappa shape index (κ3) is 1.81. The zero-order valence-corrected chi connectivity index (χ0v) is 9.45. The van der Waals surface area contributed by atoms with Crippen LogP contribution in [0.1, 0.15) is 0 Å². The Morgan fingerprint density at radius 1 is 1.31 bits per heavy atom. The third-order valence-corrected chi connectivity index (χ3v) is 3.10. The number of hydrogen-bond donors (Lipinski definition) is 1. The monoisotopic (exact) mass is 234 g/mol. The van der Waals surface area contributed by atoms with Crippen molar-refractivity contribution >= 4 is 17.4 Å². The molecule has 1 aromatic carbocycles. The summed E-state index contributed by atoms with van der Waals surface area (Å²) in [5.41, 5.74) is 1.89. The normalized spacial score (nSPS) is 10.3. The van der Waals surface area contributed by atoms with Gasteiger partial charge in [0.05, 0.1) is 16.8 Å². The minimum absolute atomic E-state index is 0.131. The van der Waals surface area contributed by atoms with Gasteiger partial charge in [-0.2, -0.15) is 0 Å². The van der Waals surface area contributed by atoms with Crippen molar-refractivity contribution in [3.63, 3.8) is 0 Å². The molecule has 0 bridgehead atoms. The smallest absolute Gasteiger partial charge is 0.300 e. The van der Waals surface area contributed by atoms with Crippen LogP contribution in [-0.2, 0) is 0 Å². The fourth-order valence-electron chi connectivity index (χ4n) is 1.56. The zero-order chi connectivity index (χ0) is 11.5. The maximum absolute atomic E-state index is 10.8. The molecule has 0 saturated carbocycles. The molecule has 0 saturated heterocycles. The minimum Gasteiger partial charge on any atom is -0.354 e. The second kappa shape index (κ2) is 4.40. The highest BCUT2D eigenvalue weighted by Crippen LogP contribution is 2.36. The summed E-state index contributed by atoms with van der Waals surface area (Å²) in [7, 11) is 0. The molecule has 1 aromatic heterocycles. The van der Waals surface area contributed by atoms with Crippen molar-refractivity contribution in [2.75, 3.05) is 6.26 Å². The van der Waals surface area contributed by atoms with Crippen molar-refractivity contribution in [1.29, 1.82) is 0 Å². The fourth-order valence-corrected chi connectivity index (χ4v) is 2.28. The van der Waals surface area contributed by atoms with Gasteiger partial charge in [0.1, 0.15) is 4.90 Å². The zero-order valence-electron chi connectivity index (χ0n) is 8.64. The van der Waals surface area contributed by atoms with Gasteiger partial charge in [-0.1, -0.05) is 30.3 Å². The molecule has 0 atom stereocenters. The summed E-state index contributed by atoms with van der Waals surface area (Å²) in [6.45, 7) is 0. The summed E-state index contributed by atoms with van der Waals surface area (Å²) < 4.78 is 0. The van der Waals surface area contributed by atoms with Gasteiger partial charge in [-0.25, -0.2) is 0 Å². The van der Waals surface area contributed by atoms with Crippen LogP contribution in [-0.4, -0.2) is 16.2 Å². The Morgan fingerprint density at radius 3 is 2.56 bits per heavy atom. The lowest BCUT2D eigenvalue weighted by atomic mass is 10.1. The number of nitrogens with one attached hydrogen (secondary N) is 1. The quantitative estimate of drug-likeness (QED) is 0.503. The van der Waals surface area contributed by atoms with Gasteiger partial charge in [-0.05, 0) is 11.8 Å². The number of rotatable bonds is 3. The lowest BCUT2D eigenvalue weighted by Gasteiger charge is -2.00. The van der Waals surface area contributed by atoms with E-state index in [9.17, 15) is 10.1 Å².